The van der Waals surface area contributed by atoms with Gasteiger partial charge in [-0.25, -0.2) is 0 Å². The minimum Gasteiger partial charge on any atom is -0.491 e. The molecule has 1 aromatic carbocycles. The van der Waals surface area contributed by atoms with Crippen LogP contribution in [0.15, 0.2) is 24.3 Å². The van der Waals surface area contributed by atoms with Gasteiger partial charge in [0.15, 0.2) is 0 Å². The molecule has 0 spiro atoms. The van der Waals surface area contributed by atoms with Gasteiger partial charge in [0.05, 0.1) is 19.8 Å². The fraction of sp³-hybridized carbons (Fsp3) is 0.538. The molecular formula is C13H21NO3. The van der Waals surface area contributed by atoms with Crippen molar-refractivity contribution in [3.8, 4) is 5.75 Å². The van der Waals surface area contributed by atoms with E-state index < -0.39 is 0 Å². The van der Waals surface area contributed by atoms with Crippen LogP contribution in [0.3, 0.4) is 0 Å². The van der Waals surface area contributed by atoms with E-state index in [1.54, 1.807) is 0 Å². The lowest BCUT2D eigenvalue weighted by Gasteiger charge is -2.15. The van der Waals surface area contributed by atoms with E-state index in [1.807, 2.05) is 31.2 Å². The van der Waals surface area contributed by atoms with Gasteiger partial charge in [-0.2, -0.15) is 0 Å². The van der Waals surface area contributed by atoms with Gasteiger partial charge in [-0.3, -0.25) is 0 Å². The Kier molecular flexibility index (Phi) is 6.62. The van der Waals surface area contributed by atoms with Gasteiger partial charge >= 0.3 is 0 Å². The molecule has 0 bridgehead atoms. The van der Waals surface area contributed by atoms with Crippen LogP contribution < -0.4 is 10.5 Å². The lowest BCUT2D eigenvalue weighted by Crippen LogP contribution is -2.13. The fourth-order valence-electron chi connectivity index (χ4n) is 1.52. The molecule has 0 aliphatic heterocycles. The van der Waals surface area contributed by atoms with E-state index in [2.05, 4.69) is 0 Å². The van der Waals surface area contributed by atoms with Crippen LogP contribution in [0.25, 0.3) is 0 Å². The molecule has 1 atom stereocenters. The summed E-state index contributed by atoms with van der Waals surface area (Å²) in [6.45, 7) is 3.37. The molecule has 0 aromatic heterocycles. The summed E-state index contributed by atoms with van der Waals surface area (Å²) in [6.07, 6.45) is 0.876. The van der Waals surface area contributed by atoms with E-state index >= 15 is 0 Å². The van der Waals surface area contributed by atoms with Crippen molar-refractivity contribution in [3.05, 3.63) is 29.8 Å². The van der Waals surface area contributed by atoms with E-state index in [-0.39, 0.29) is 12.6 Å². The highest BCUT2D eigenvalue weighted by Gasteiger charge is 2.09. The van der Waals surface area contributed by atoms with Gasteiger partial charge in [0.1, 0.15) is 12.4 Å². The third-order valence-corrected chi connectivity index (χ3v) is 2.48. The summed E-state index contributed by atoms with van der Waals surface area (Å²) in [5.74, 6) is 0.814. The normalized spacial score (nSPS) is 12.4. The molecule has 0 heterocycles. The molecule has 96 valence electrons. The zero-order valence-electron chi connectivity index (χ0n) is 10.3. The number of para-hydroxylation sites is 1. The molecule has 0 fully saturated rings. The zero-order chi connectivity index (χ0) is 12.5. The molecule has 4 heteroatoms. The van der Waals surface area contributed by atoms with Crippen LogP contribution in [-0.4, -0.2) is 31.5 Å². The second-order valence-corrected chi connectivity index (χ2v) is 3.74. The molecule has 0 saturated carbocycles. The van der Waals surface area contributed by atoms with Crippen LogP contribution in [0, 0.1) is 0 Å². The molecule has 3 N–H and O–H groups in total. The highest BCUT2D eigenvalue weighted by molar-refractivity contribution is 5.35. The van der Waals surface area contributed by atoms with Crippen LogP contribution in [0.1, 0.15) is 24.9 Å². The van der Waals surface area contributed by atoms with Gasteiger partial charge in [0.2, 0.25) is 0 Å². The van der Waals surface area contributed by atoms with E-state index in [0.717, 1.165) is 17.7 Å². The summed E-state index contributed by atoms with van der Waals surface area (Å²) in [6, 6.07) is 7.79. The summed E-state index contributed by atoms with van der Waals surface area (Å²) < 4.78 is 10.7. The Hall–Kier alpha value is -1.10. The second kappa shape index (κ2) is 8.06. The van der Waals surface area contributed by atoms with Gasteiger partial charge in [0.25, 0.3) is 0 Å². The van der Waals surface area contributed by atoms with Gasteiger partial charge in [-0.05, 0) is 12.5 Å². The Labute approximate surface area is 102 Å². The van der Waals surface area contributed by atoms with Gasteiger partial charge in [0, 0.05) is 11.6 Å². The van der Waals surface area contributed by atoms with E-state index in [4.69, 9.17) is 20.3 Å². The van der Waals surface area contributed by atoms with E-state index in [9.17, 15) is 0 Å². The standard InChI is InChI=1S/C13H21NO3/c1-2-12(14)11-5-3-4-6-13(11)17-10-9-16-8-7-15/h3-6,12,15H,2,7-10,14H2,1H3. The van der Waals surface area contributed by atoms with Crippen molar-refractivity contribution in [2.75, 3.05) is 26.4 Å². The summed E-state index contributed by atoms with van der Waals surface area (Å²) in [5.41, 5.74) is 7.03. The average Bonchev–Trinajstić information content (AvgIpc) is 2.38. The Bertz CT molecular complexity index is 317. The largest absolute Gasteiger partial charge is 0.491 e. The lowest BCUT2D eigenvalue weighted by molar-refractivity contribution is 0.0702. The maximum Gasteiger partial charge on any atom is 0.124 e. The third-order valence-electron chi connectivity index (χ3n) is 2.48. The highest BCUT2D eigenvalue weighted by Crippen LogP contribution is 2.25. The molecule has 17 heavy (non-hydrogen) atoms. The molecule has 1 unspecified atom stereocenters. The topological polar surface area (TPSA) is 64.7 Å². The van der Waals surface area contributed by atoms with Crippen LogP contribution in [0.5, 0.6) is 5.75 Å². The minimum absolute atomic E-state index is 0.00422. The molecule has 1 aromatic rings. The number of aliphatic hydroxyl groups is 1. The monoisotopic (exact) mass is 239 g/mol. The number of aliphatic hydroxyl groups excluding tert-OH is 1. The first-order valence-electron chi connectivity index (χ1n) is 5.95. The zero-order valence-corrected chi connectivity index (χ0v) is 10.3. The van der Waals surface area contributed by atoms with Crippen molar-refractivity contribution in [1.29, 1.82) is 0 Å². The van der Waals surface area contributed by atoms with Crippen molar-refractivity contribution in [3.63, 3.8) is 0 Å². The van der Waals surface area contributed by atoms with Gasteiger partial charge in [-0.1, -0.05) is 25.1 Å². The maximum atomic E-state index is 8.55. The van der Waals surface area contributed by atoms with Crippen molar-refractivity contribution in [1.82, 2.24) is 0 Å². The Balaban J connectivity index is 2.46. The summed E-state index contributed by atoms with van der Waals surface area (Å²) in [4.78, 5) is 0. The molecule has 0 amide bonds. The Morgan fingerprint density at radius 2 is 2.00 bits per heavy atom. The summed E-state index contributed by atoms with van der Waals surface area (Å²) in [7, 11) is 0. The van der Waals surface area contributed by atoms with Gasteiger partial charge in [-0.15, -0.1) is 0 Å². The first-order chi connectivity index (χ1) is 8.29. The molecule has 0 saturated heterocycles. The number of ether oxygens (including phenoxy) is 2. The molecule has 0 aliphatic rings. The predicted octanol–water partition coefficient (Wildman–Crippen LogP) is 1.48. The first kappa shape index (κ1) is 14.0. The third kappa shape index (κ3) is 4.73. The number of rotatable bonds is 8. The molecule has 4 nitrogen and oxygen atoms in total. The van der Waals surface area contributed by atoms with Crippen molar-refractivity contribution >= 4 is 0 Å². The number of hydrogen-bond acceptors (Lipinski definition) is 4. The van der Waals surface area contributed by atoms with E-state index in [1.165, 1.54) is 0 Å². The second-order valence-electron chi connectivity index (χ2n) is 3.74. The molecular weight excluding hydrogens is 218 g/mol. The Morgan fingerprint density at radius 1 is 1.24 bits per heavy atom. The van der Waals surface area contributed by atoms with Crippen molar-refractivity contribution in [2.45, 2.75) is 19.4 Å². The van der Waals surface area contributed by atoms with E-state index in [0.29, 0.717) is 19.8 Å². The quantitative estimate of drug-likeness (QED) is 0.674. The first-order valence-corrected chi connectivity index (χ1v) is 5.95. The molecule has 1 rings (SSSR count). The van der Waals surface area contributed by atoms with Crippen molar-refractivity contribution < 1.29 is 14.6 Å². The molecule has 0 aliphatic carbocycles. The van der Waals surface area contributed by atoms with Crippen LogP contribution >= 0.6 is 0 Å². The predicted molar refractivity (Wildman–Crippen MR) is 67.1 cm³/mol. The van der Waals surface area contributed by atoms with Crippen LogP contribution in [0.2, 0.25) is 0 Å². The van der Waals surface area contributed by atoms with Crippen molar-refractivity contribution in [2.24, 2.45) is 5.73 Å². The van der Waals surface area contributed by atoms with Gasteiger partial charge < -0.3 is 20.3 Å². The smallest absolute Gasteiger partial charge is 0.124 e. The number of nitrogens with two attached hydrogens (primary N) is 1. The Morgan fingerprint density at radius 3 is 2.71 bits per heavy atom. The SMILES string of the molecule is CCC(N)c1ccccc1OCCOCCO. The highest BCUT2D eigenvalue weighted by atomic mass is 16.5. The maximum absolute atomic E-state index is 8.55. The minimum atomic E-state index is 0.00422. The van der Waals surface area contributed by atoms with Crippen LogP contribution in [-0.2, 0) is 4.74 Å². The lowest BCUT2D eigenvalue weighted by atomic mass is 10.0. The molecule has 0 radical (unpaired) electrons. The number of hydrogen-bond donors (Lipinski definition) is 2. The average molecular weight is 239 g/mol. The summed E-state index contributed by atoms with van der Waals surface area (Å²) in [5, 5.41) is 8.55. The fourth-order valence-corrected chi connectivity index (χ4v) is 1.52. The number of benzene rings is 1. The van der Waals surface area contributed by atoms with Crippen LogP contribution in [0.4, 0.5) is 0 Å². The summed E-state index contributed by atoms with van der Waals surface area (Å²) >= 11 is 0.